The summed E-state index contributed by atoms with van der Waals surface area (Å²) in [7, 11) is 0. The Bertz CT molecular complexity index is 808. The Balaban J connectivity index is 2.08. The van der Waals surface area contributed by atoms with E-state index in [9.17, 15) is 0 Å². The number of aromatic nitrogens is 3. The van der Waals surface area contributed by atoms with Crippen molar-refractivity contribution in [2.45, 2.75) is 0 Å². The summed E-state index contributed by atoms with van der Waals surface area (Å²) in [6.07, 6.45) is 3.15. The number of rotatable bonds is 3. The van der Waals surface area contributed by atoms with E-state index >= 15 is 0 Å². The zero-order valence-electron chi connectivity index (χ0n) is 10.6. The van der Waals surface area contributed by atoms with E-state index in [-0.39, 0.29) is 5.95 Å². The molecule has 0 unspecified atom stereocenters. The molecule has 3 aromatic rings. The second-order valence-corrected chi connectivity index (χ2v) is 4.97. The van der Waals surface area contributed by atoms with Crippen molar-refractivity contribution in [1.82, 2.24) is 15.0 Å². The van der Waals surface area contributed by atoms with Gasteiger partial charge in [-0.3, -0.25) is 10.4 Å². The minimum Gasteiger partial charge on any atom is -0.337 e. The van der Waals surface area contributed by atoms with Crippen molar-refractivity contribution in [3.05, 3.63) is 46.7 Å². The van der Waals surface area contributed by atoms with E-state index in [4.69, 9.17) is 29.0 Å². The highest BCUT2D eigenvalue weighted by atomic mass is 35.5. The average molecular weight is 321 g/mol. The highest BCUT2D eigenvalue weighted by Crippen LogP contribution is 2.31. The lowest BCUT2D eigenvalue weighted by Gasteiger charge is -2.11. The minimum absolute atomic E-state index is 0.258. The quantitative estimate of drug-likeness (QED) is 0.506. The van der Waals surface area contributed by atoms with Crippen LogP contribution in [-0.4, -0.2) is 15.0 Å². The van der Waals surface area contributed by atoms with Crippen LogP contribution in [0.25, 0.3) is 10.9 Å². The van der Waals surface area contributed by atoms with Crippen molar-refractivity contribution in [3.8, 4) is 0 Å². The zero-order chi connectivity index (χ0) is 14.8. The Hall–Kier alpha value is -2.15. The number of pyridine rings is 1. The van der Waals surface area contributed by atoms with E-state index in [0.29, 0.717) is 15.9 Å². The summed E-state index contributed by atoms with van der Waals surface area (Å²) >= 11 is 12.2. The van der Waals surface area contributed by atoms with Crippen molar-refractivity contribution < 1.29 is 0 Å². The number of anilines is 3. The van der Waals surface area contributed by atoms with Crippen LogP contribution in [0.5, 0.6) is 0 Å². The maximum Gasteiger partial charge on any atom is 0.239 e. The van der Waals surface area contributed by atoms with Gasteiger partial charge in [0.05, 0.1) is 22.4 Å². The Kier molecular flexibility index (Phi) is 3.74. The molecule has 3 rings (SSSR count). The molecule has 0 saturated heterocycles. The van der Waals surface area contributed by atoms with Crippen LogP contribution in [0.3, 0.4) is 0 Å². The highest BCUT2D eigenvalue weighted by Gasteiger charge is 2.10. The smallest absolute Gasteiger partial charge is 0.239 e. The molecule has 0 aliphatic carbocycles. The second kappa shape index (κ2) is 5.69. The maximum atomic E-state index is 6.16. The monoisotopic (exact) mass is 320 g/mol. The summed E-state index contributed by atoms with van der Waals surface area (Å²) in [5.41, 5.74) is 3.83. The van der Waals surface area contributed by atoms with E-state index < -0.39 is 0 Å². The van der Waals surface area contributed by atoms with E-state index in [0.717, 1.165) is 16.6 Å². The van der Waals surface area contributed by atoms with Crippen molar-refractivity contribution in [1.29, 1.82) is 0 Å². The number of nitrogen functional groups attached to an aromatic ring is 1. The third-order valence-electron chi connectivity index (χ3n) is 2.84. The average Bonchev–Trinajstić information content (AvgIpc) is 2.52. The molecule has 0 saturated carbocycles. The van der Waals surface area contributed by atoms with Gasteiger partial charge < -0.3 is 5.32 Å². The molecule has 2 aromatic heterocycles. The van der Waals surface area contributed by atoms with Gasteiger partial charge in [-0.15, -0.1) is 0 Å². The first-order valence-electron chi connectivity index (χ1n) is 5.98. The second-order valence-electron chi connectivity index (χ2n) is 4.15. The summed E-state index contributed by atoms with van der Waals surface area (Å²) in [4.78, 5) is 12.4. The summed E-state index contributed by atoms with van der Waals surface area (Å²) < 4.78 is 0. The number of hydrazine groups is 1. The normalized spacial score (nSPS) is 10.6. The molecule has 0 fully saturated rings. The Labute approximate surface area is 130 Å². The lowest BCUT2D eigenvalue weighted by Crippen LogP contribution is -2.11. The molecule has 8 heteroatoms. The molecule has 6 nitrogen and oxygen atoms in total. The molecule has 106 valence electrons. The van der Waals surface area contributed by atoms with Gasteiger partial charge in [-0.25, -0.2) is 10.8 Å². The predicted molar refractivity (Wildman–Crippen MR) is 84.9 cm³/mol. The number of hydrogen-bond donors (Lipinski definition) is 3. The fourth-order valence-electron chi connectivity index (χ4n) is 1.89. The van der Waals surface area contributed by atoms with Crippen LogP contribution in [0.2, 0.25) is 10.0 Å². The van der Waals surface area contributed by atoms with Crippen molar-refractivity contribution >= 4 is 51.6 Å². The van der Waals surface area contributed by atoms with E-state index in [1.54, 1.807) is 12.3 Å². The molecule has 0 aliphatic heterocycles. The van der Waals surface area contributed by atoms with Crippen molar-refractivity contribution in [2.75, 3.05) is 10.7 Å². The van der Waals surface area contributed by atoms with E-state index in [2.05, 4.69) is 25.7 Å². The van der Waals surface area contributed by atoms with Gasteiger partial charge in [-0.1, -0.05) is 23.2 Å². The summed E-state index contributed by atoms with van der Waals surface area (Å²) in [6.45, 7) is 0. The van der Waals surface area contributed by atoms with Gasteiger partial charge in [0.1, 0.15) is 5.02 Å². The van der Waals surface area contributed by atoms with Gasteiger partial charge in [0.15, 0.2) is 5.82 Å². The lowest BCUT2D eigenvalue weighted by molar-refractivity contribution is 1.12. The molecular weight excluding hydrogens is 311 g/mol. The minimum atomic E-state index is 0.258. The Morgan fingerprint density at radius 1 is 1.05 bits per heavy atom. The Morgan fingerprint density at radius 3 is 2.71 bits per heavy atom. The third kappa shape index (κ3) is 2.69. The first kappa shape index (κ1) is 13.8. The first-order valence-corrected chi connectivity index (χ1v) is 6.74. The van der Waals surface area contributed by atoms with Gasteiger partial charge in [-0.05, 0) is 24.3 Å². The van der Waals surface area contributed by atoms with Crippen molar-refractivity contribution in [3.63, 3.8) is 0 Å². The fraction of sp³-hybridized carbons (Fsp3) is 0. The molecule has 21 heavy (non-hydrogen) atoms. The van der Waals surface area contributed by atoms with Gasteiger partial charge in [0.25, 0.3) is 0 Å². The molecular formula is C13H10Cl2N6. The lowest BCUT2D eigenvalue weighted by atomic mass is 10.2. The maximum absolute atomic E-state index is 6.16. The molecule has 0 radical (unpaired) electrons. The zero-order valence-corrected chi connectivity index (χ0v) is 12.2. The number of halogens is 2. The largest absolute Gasteiger partial charge is 0.337 e. The van der Waals surface area contributed by atoms with Crippen LogP contribution in [0, 0.1) is 0 Å². The first-order chi connectivity index (χ1) is 10.2. The molecule has 0 bridgehead atoms. The Morgan fingerprint density at radius 2 is 1.90 bits per heavy atom. The SMILES string of the molecule is NNc1ncc(Cl)c(Nc2ccc(Cl)c3cccnc23)n1. The fourth-order valence-corrected chi connectivity index (χ4v) is 2.24. The van der Waals surface area contributed by atoms with Crippen molar-refractivity contribution in [2.24, 2.45) is 5.84 Å². The number of nitrogens with zero attached hydrogens (tertiary/aromatic N) is 3. The molecule has 0 aliphatic rings. The summed E-state index contributed by atoms with van der Waals surface area (Å²) in [5, 5.41) is 4.95. The predicted octanol–water partition coefficient (Wildman–Crippen LogP) is 3.36. The number of hydrogen-bond acceptors (Lipinski definition) is 6. The van der Waals surface area contributed by atoms with Gasteiger partial charge in [-0.2, -0.15) is 4.98 Å². The summed E-state index contributed by atoms with van der Waals surface area (Å²) in [5.74, 6) is 5.98. The number of nitrogens with one attached hydrogen (secondary N) is 2. The molecule has 0 atom stereocenters. The van der Waals surface area contributed by atoms with Gasteiger partial charge in [0, 0.05) is 11.6 Å². The number of nitrogens with two attached hydrogens (primary N) is 1. The molecule has 0 spiro atoms. The van der Waals surface area contributed by atoms with E-state index in [1.165, 1.54) is 6.20 Å². The van der Waals surface area contributed by atoms with Gasteiger partial charge in [0.2, 0.25) is 5.95 Å². The van der Waals surface area contributed by atoms with E-state index in [1.807, 2.05) is 18.2 Å². The highest BCUT2D eigenvalue weighted by molar-refractivity contribution is 6.36. The van der Waals surface area contributed by atoms with Crippen LogP contribution in [0.15, 0.2) is 36.7 Å². The van der Waals surface area contributed by atoms with Gasteiger partial charge >= 0.3 is 0 Å². The topological polar surface area (TPSA) is 88.8 Å². The van der Waals surface area contributed by atoms with Crippen LogP contribution in [0.1, 0.15) is 0 Å². The molecule has 4 N–H and O–H groups in total. The van der Waals surface area contributed by atoms with Crippen LogP contribution < -0.4 is 16.6 Å². The van der Waals surface area contributed by atoms with Crippen LogP contribution >= 0.6 is 23.2 Å². The molecule has 0 amide bonds. The standard InChI is InChI=1S/C13H10Cl2N6/c14-8-3-4-10(11-7(8)2-1-5-17-11)19-12-9(15)6-18-13(20-12)21-16/h1-6H,16H2,(H2,18,19,20,21). The van der Waals surface area contributed by atoms with Crippen LogP contribution in [0.4, 0.5) is 17.5 Å². The number of benzene rings is 1. The summed E-state index contributed by atoms with van der Waals surface area (Å²) in [6, 6.07) is 7.31. The van der Waals surface area contributed by atoms with Crippen LogP contribution in [-0.2, 0) is 0 Å². The third-order valence-corrected chi connectivity index (χ3v) is 3.45. The molecule has 1 aromatic carbocycles. The number of fused-ring (bicyclic) bond motifs is 1. The molecule has 2 heterocycles.